The fourth-order valence-electron chi connectivity index (χ4n) is 2.23. The van der Waals surface area contributed by atoms with Crippen LogP contribution in [0, 0.1) is 11.3 Å². The molecule has 1 unspecified atom stereocenters. The number of hydrogen-bond donors (Lipinski definition) is 0. The van der Waals surface area contributed by atoms with E-state index in [0.717, 1.165) is 19.4 Å². The molecule has 0 saturated carbocycles. The second kappa shape index (κ2) is 6.39. The van der Waals surface area contributed by atoms with E-state index in [0.29, 0.717) is 0 Å². The zero-order valence-corrected chi connectivity index (χ0v) is 11.7. The van der Waals surface area contributed by atoms with Gasteiger partial charge in [-0.1, -0.05) is 6.07 Å². The Labute approximate surface area is 116 Å². The molecule has 1 aromatic heterocycles. The third-order valence-corrected chi connectivity index (χ3v) is 4.05. The van der Waals surface area contributed by atoms with E-state index >= 15 is 0 Å². The van der Waals surface area contributed by atoms with Crippen molar-refractivity contribution in [2.24, 2.45) is 0 Å². The van der Waals surface area contributed by atoms with E-state index in [1.807, 2.05) is 17.5 Å². The first-order chi connectivity index (χ1) is 9.26. The highest BCUT2D eigenvalue weighted by Crippen LogP contribution is 2.34. The van der Waals surface area contributed by atoms with Crippen molar-refractivity contribution in [2.75, 3.05) is 13.2 Å². The first-order valence-electron chi connectivity index (χ1n) is 6.34. The summed E-state index contributed by atoms with van der Waals surface area (Å²) in [6.45, 7) is 2.89. The van der Waals surface area contributed by atoms with Crippen LogP contribution in [0.4, 0.5) is 0 Å². The summed E-state index contributed by atoms with van der Waals surface area (Å²) in [7, 11) is 0. The maximum Gasteiger partial charge on any atom is 0.350 e. The second-order valence-corrected chi connectivity index (χ2v) is 5.27. The zero-order valence-electron chi connectivity index (χ0n) is 10.8. The summed E-state index contributed by atoms with van der Waals surface area (Å²) in [6, 6.07) is 6.32. The van der Waals surface area contributed by atoms with Gasteiger partial charge in [-0.05, 0) is 31.2 Å². The maximum atomic E-state index is 11.6. The molecule has 0 amide bonds. The van der Waals surface area contributed by atoms with Crippen LogP contribution in [-0.2, 0) is 9.53 Å². The number of rotatable bonds is 4. The summed E-state index contributed by atoms with van der Waals surface area (Å²) in [6.07, 6.45) is 3.77. The number of nitrogens with zero attached hydrogens (tertiary/aromatic N) is 2. The second-order valence-electron chi connectivity index (χ2n) is 4.29. The molecule has 1 atom stereocenters. The van der Waals surface area contributed by atoms with Gasteiger partial charge >= 0.3 is 5.97 Å². The summed E-state index contributed by atoms with van der Waals surface area (Å²) in [4.78, 5) is 15.0. The van der Waals surface area contributed by atoms with Crippen molar-refractivity contribution in [3.63, 3.8) is 0 Å². The largest absolute Gasteiger partial charge is 0.462 e. The fourth-order valence-corrected chi connectivity index (χ4v) is 3.11. The van der Waals surface area contributed by atoms with E-state index in [2.05, 4.69) is 11.0 Å². The summed E-state index contributed by atoms with van der Waals surface area (Å²) in [5.41, 5.74) is 0.0744. The molecule has 4 nitrogen and oxygen atoms in total. The van der Waals surface area contributed by atoms with E-state index in [1.165, 1.54) is 4.88 Å². The Hall–Kier alpha value is -1.80. The Bertz CT molecular complexity index is 502. The van der Waals surface area contributed by atoms with E-state index in [9.17, 15) is 4.79 Å². The quantitative estimate of drug-likeness (QED) is 0.482. The van der Waals surface area contributed by atoms with Crippen LogP contribution in [-0.4, -0.2) is 24.0 Å². The van der Waals surface area contributed by atoms with Crippen LogP contribution < -0.4 is 0 Å². The first-order valence-corrected chi connectivity index (χ1v) is 7.22. The van der Waals surface area contributed by atoms with Crippen LogP contribution in [0.3, 0.4) is 0 Å². The molecule has 19 heavy (non-hydrogen) atoms. The monoisotopic (exact) mass is 276 g/mol. The number of ether oxygens (including phenoxy) is 1. The highest BCUT2D eigenvalue weighted by molar-refractivity contribution is 7.10. The van der Waals surface area contributed by atoms with Gasteiger partial charge in [0.1, 0.15) is 6.07 Å². The molecular weight excluding hydrogens is 260 g/mol. The van der Waals surface area contributed by atoms with Crippen molar-refractivity contribution in [3.05, 3.63) is 34.2 Å². The molecule has 1 fully saturated rings. The SMILES string of the molecule is CCOC(=O)C(C#N)=CN1CCCC1c1cccs1. The lowest BCUT2D eigenvalue weighted by Gasteiger charge is -2.21. The summed E-state index contributed by atoms with van der Waals surface area (Å²) in [5, 5.41) is 11.1. The minimum Gasteiger partial charge on any atom is -0.462 e. The van der Waals surface area contributed by atoms with Crippen molar-refractivity contribution in [3.8, 4) is 6.07 Å². The first kappa shape index (κ1) is 13.6. The van der Waals surface area contributed by atoms with Crippen LogP contribution in [0.25, 0.3) is 0 Å². The standard InChI is InChI=1S/C14H16N2O2S/c1-2-18-14(17)11(9-15)10-16-7-3-5-12(16)13-6-4-8-19-13/h4,6,8,10,12H,2-3,5,7H2,1H3. The van der Waals surface area contributed by atoms with Crippen molar-refractivity contribution in [1.82, 2.24) is 4.90 Å². The van der Waals surface area contributed by atoms with Gasteiger partial charge in [-0.2, -0.15) is 5.26 Å². The lowest BCUT2D eigenvalue weighted by Crippen LogP contribution is -2.19. The highest BCUT2D eigenvalue weighted by Gasteiger charge is 2.26. The zero-order chi connectivity index (χ0) is 13.7. The molecule has 0 N–H and O–H groups in total. The lowest BCUT2D eigenvalue weighted by atomic mass is 10.2. The van der Waals surface area contributed by atoms with Crippen LogP contribution in [0.15, 0.2) is 29.3 Å². The van der Waals surface area contributed by atoms with Crippen molar-refractivity contribution in [2.45, 2.75) is 25.8 Å². The molecule has 1 aliphatic rings. The number of carbonyl (C=O) groups is 1. The molecule has 100 valence electrons. The Morgan fingerprint density at radius 1 is 1.74 bits per heavy atom. The Morgan fingerprint density at radius 2 is 2.58 bits per heavy atom. The van der Waals surface area contributed by atoms with Gasteiger partial charge in [-0.3, -0.25) is 0 Å². The van der Waals surface area contributed by atoms with Crippen LogP contribution >= 0.6 is 11.3 Å². The van der Waals surface area contributed by atoms with Crippen LogP contribution in [0.1, 0.15) is 30.7 Å². The van der Waals surface area contributed by atoms with Gasteiger partial charge in [-0.15, -0.1) is 11.3 Å². The molecule has 2 rings (SSSR count). The number of thiophene rings is 1. The van der Waals surface area contributed by atoms with Gasteiger partial charge in [0.2, 0.25) is 0 Å². The molecule has 5 heteroatoms. The molecule has 0 bridgehead atoms. The lowest BCUT2D eigenvalue weighted by molar-refractivity contribution is -0.138. The average Bonchev–Trinajstić information content (AvgIpc) is 3.06. The number of nitriles is 1. The minimum atomic E-state index is -0.540. The Morgan fingerprint density at radius 3 is 3.21 bits per heavy atom. The molecule has 0 aromatic carbocycles. The number of likely N-dealkylation sites (tertiary alicyclic amines) is 1. The third kappa shape index (κ3) is 3.15. The van der Waals surface area contributed by atoms with Crippen molar-refractivity contribution in [1.29, 1.82) is 5.26 Å². The normalized spacial score (nSPS) is 19.3. The Balaban J connectivity index is 2.16. The predicted molar refractivity (Wildman–Crippen MR) is 73.3 cm³/mol. The Kier molecular flexibility index (Phi) is 4.58. The average molecular weight is 276 g/mol. The topological polar surface area (TPSA) is 53.3 Å². The molecule has 0 spiro atoms. The summed E-state index contributed by atoms with van der Waals surface area (Å²) in [5.74, 6) is -0.540. The van der Waals surface area contributed by atoms with Crippen LogP contribution in [0.5, 0.6) is 0 Å². The molecular formula is C14H16N2O2S. The van der Waals surface area contributed by atoms with Gasteiger partial charge < -0.3 is 9.64 Å². The maximum absolute atomic E-state index is 11.6. The smallest absolute Gasteiger partial charge is 0.350 e. The van der Waals surface area contributed by atoms with Gasteiger partial charge in [-0.25, -0.2) is 4.79 Å². The molecule has 1 aliphatic heterocycles. The minimum absolute atomic E-state index is 0.0744. The molecule has 2 heterocycles. The van der Waals surface area contributed by atoms with E-state index in [1.54, 1.807) is 24.5 Å². The molecule has 1 saturated heterocycles. The molecule has 1 aromatic rings. The van der Waals surface area contributed by atoms with E-state index in [4.69, 9.17) is 10.00 Å². The highest BCUT2D eigenvalue weighted by atomic mass is 32.1. The third-order valence-electron chi connectivity index (χ3n) is 3.08. The fraction of sp³-hybridized carbons (Fsp3) is 0.429. The predicted octanol–water partition coefficient (Wildman–Crippen LogP) is 2.86. The number of esters is 1. The number of carbonyl (C=O) groups excluding carboxylic acids is 1. The van der Waals surface area contributed by atoms with Crippen molar-refractivity contribution >= 4 is 17.3 Å². The van der Waals surface area contributed by atoms with E-state index in [-0.39, 0.29) is 18.2 Å². The van der Waals surface area contributed by atoms with Gasteiger partial charge in [0.05, 0.1) is 12.6 Å². The summed E-state index contributed by atoms with van der Waals surface area (Å²) >= 11 is 1.71. The van der Waals surface area contributed by atoms with Crippen LogP contribution in [0.2, 0.25) is 0 Å². The molecule has 0 radical (unpaired) electrons. The van der Waals surface area contributed by atoms with Crippen molar-refractivity contribution < 1.29 is 9.53 Å². The number of hydrogen-bond acceptors (Lipinski definition) is 5. The molecule has 0 aliphatic carbocycles. The van der Waals surface area contributed by atoms with Gasteiger partial charge in [0.25, 0.3) is 0 Å². The van der Waals surface area contributed by atoms with Gasteiger partial charge in [0, 0.05) is 17.6 Å². The summed E-state index contributed by atoms with van der Waals surface area (Å²) < 4.78 is 4.88. The van der Waals surface area contributed by atoms with E-state index < -0.39 is 5.97 Å². The van der Waals surface area contributed by atoms with Gasteiger partial charge in [0.15, 0.2) is 5.57 Å².